The van der Waals surface area contributed by atoms with Crippen molar-refractivity contribution in [3.05, 3.63) is 70.9 Å². The number of ether oxygens (including phenoxy) is 2. The summed E-state index contributed by atoms with van der Waals surface area (Å²) in [5.41, 5.74) is 4.08. The van der Waals surface area contributed by atoms with Crippen LogP contribution in [0.3, 0.4) is 0 Å². The fraction of sp³-hybridized carbons (Fsp3) is 0.452. The average Bonchev–Trinajstić information content (AvgIpc) is 3.64. The van der Waals surface area contributed by atoms with Gasteiger partial charge in [0, 0.05) is 61.6 Å². The van der Waals surface area contributed by atoms with E-state index in [0.29, 0.717) is 18.4 Å². The summed E-state index contributed by atoms with van der Waals surface area (Å²) < 4.78 is 11.0. The molecule has 2 aromatic carbocycles. The van der Waals surface area contributed by atoms with Crippen molar-refractivity contribution in [2.75, 3.05) is 37.9 Å². The van der Waals surface area contributed by atoms with E-state index >= 15 is 0 Å². The lowest BCUT2D eigenvalue weighted by Gasteiger charge is -2.36. The first-order valence-electron chi connectivity index (χ1n) is 14.1. The molecule has 1 N–H and O–H groups in total. The van der Waals surface area contributed by atoms with Gasteiger partial charge in [-0.2, -0.15) is 0 Å². The van der Waals surface area contributed by atoms with E-state index < -0.39 is 0 Å². The molecule has 3 aliphatic rings. The van der Waals surface area contributed by atoms with Gasteiger partial charge in [0.2, 0.25) is 6.79 Å². The largest absolute Gasteiger partial charge is 0.454 e. The normalized spacial score (nSPS) is 17.2. The summed E-state index contributed by atoms with van der Waals surface area (Å²) in [6, 6.07) is 16.6. The number of hydrogen-bond donors (Lipinski definition) is 1. The maximum atomic E-state index is 12.3. The minimum atomic E-state index is -0.0786. The fourth-order valence-corrected chi connectivity index (χ4v) is 5.66. The molecule has 1 saturated carbocycles. The highest BCUT2D eigenvalue weighted by molar-refractivity contribution is 7.98. The van der Waals surface area contributed by atoms with E-state index in [4.69, 9.17) is 19.4 Å². The summed E-state index contributed by atoms with van der Waals surface area (Å²) in [5, 5.41) is 3.84. The molecule has 2 aliphatic heterocycles. The van der Waals surface area contributed by atoms with E-state index in [9.17, 15) is 4.79 Å². The third-order valence-corrected chi connectivity index (χ3v) is 8.42. The van der Waals surface area contributed by atoms with Crippen LogP contribution in [0.1, 0.15) is 60.8 Å². The van der Waals surface area contributed by atoms with Gasteiger partial charge in [-0.1, -0.05) is 50.7 Å². The number of carbonyl (C=O) groups excluding carboxylic acids is 1. The molecular weight excluding hydrogens is 522 g/mol. The second-order valence-electron chi connectivity index (χ2n) is 11.8. The number of fused-ring (bicyclic) bond motifs is 1. The molecule has 210 valence electrons. The van der Waals surface area contributed by atoms with Crippen molar-refractivity contribution in [2.24, 2.45) is 0 Å². The van der Waals surface area contributed by atoms with Gasteiger partial charge in [-0.15, -0.1) is 0 Å². The van der Waals surface area contributed by atoms with Crippen molar-refractivity contribution in [1.29, 1.82) is 0 Å². The molecule has 1 amide bonds. The van der Waals surface area contributed by atoms with Crippen LogP contribution < -0.4 is 19.7 Å². The van der Waals surface area contributed by atoms with Gasteiger partial charge >= 0.3 is 0 Å². The molecule has 3 aromatic rings. The molecule has 0 atom stereocenters. The molecule has 8 nitrogen and oxygen atoms in total. The van der Waals surface area contributed by atoms with Crippen LogP contribution >= 0.6 is 11.8 Å². The maximum Gasteiger partial charge on any atom is 0.251 e. The van der Waals surface area contributed by atoms with Crippen LogP contribution in [0.5, 0.6) is 11.5 Å². The van der Waals surface area contributed by atoms with E-state index in [-0.39, 0.29) is 11.3 Å². The highest BCUT2D eigenvalue weighted by atomic mass is 32.2. The maximum absolute atomic E-state index is 12.3. The second kappa shape index (κ2) is 11.3. The predicted molar refractivity (Wildman–Crippen MR) is 157 cm³/mol. The Morgan fingerprint density at radius 1 is 0.950 bits per heavy atom. The number of nitrogens with zero attached hydrogens (tertiary/aromatic N) is 4. The zero-order valence-corrected chi connectivity index (χ0v) is 24.3. The lowest BCUT2D eigenvalue weighted by Crippen LogP contribution is -2.46. The first-order valence-corrected chi connectivity index (χ1v) is 15.1. The molecular formula is C31H37N5O3S. The third-order valence-electron chi connectivity index (χ3n) is 7.50. The highest BCUT2D eigenvalue weighted by Crippen LogP contribution is 2.33. The predicted octanol–water partition coefficient (Wildman–Crippen LogP) is 5.01. The molecule has 9 heteroatoms. The van der Waals surface area contributed by atoms with Crippen LogP contribution in [0.15, 0.2) is 53.7 Å². The smallest absolute Gasteiger partial charge is 0.251 e. The Kier molecular flexibility index (Phi) is 7.59. The van der Waals surface area contributed by atoms with Crippen LogP contribution in [0.2, 0.25) is 0 Å². The summed E-state index contributed by atoms with van der Waals surface area (Å²) in [5.74, 6) is 3.43. The Bertz CT molecular complexity index is 1360. The Hall–Kier alpha value is -3.30. The minimum absolute atomic E-state index is 0.0172. The van der Waals surface area contributed by atoms with Crippen LogP contribution in [-0.2, 0) is 17.7 Å². The zero-order chi connectivity index (χ0) is 27.7. The first kappa shape index (κ1) is 26.9. The number of hydrogen-bond acceptors (Lipinski definition) is 8. The Balaban J connectivity index is 1.09. The van der Waals surface area contributed by atoms with Crippen LogP contribution in [-0.4, -0.2) is 59.8 Å². The molecule has 1 saturated heterocycles. The van der Waals surface area contributed by atoms with Crippen molar-refractivity contribution in [2.45, 2.75) is 62.5 Å². The number of piperazine rings is 1. The van der Waals surface area contributed by atoms with Gasteiger partial charge in [-0.05, 0) is 48.2 Å². The van der Waals surface area contributed by atoms with E-state index in [1.54, 1.807) is 11.8 Å². The third kappa shape index (κ3) is 6.53. The number of benzene rings is 2. The van der Waals surface area contributed by atoms with Crippen molar-refractivity contribution >= 4 is 23.5 Å². The van der Waals surface area contributed by atoms with Gasteiger partial charge < -0.3 is 19.7 Å². The quantitative estimate of drug-likeness (QED) is 0.305. The van der Waals surface area contributed by atoms with Crippen molar-refractivity contribution < 1.29 is 14.3 Å². The van der Waals surface area contributed by atoms with E-state index in [2.05, 4.69) is 54.1 Å². The van der Waals surface area contributed by atoms with E-state index in [0.717, 1.165) is 85.0 Å². The summed E-state index contributed by atoms with van der Waals surface area (Å²) >= 11 is 1.65. The van der Waals surface area contributed by atoms with Crippen LogP contribution in [0.4, 0.5) is 5.82 Å². The summed E-state index contributed by atoms with van der Waals surface area (Å²) in [6.07, 6.45) is 2.18. The van der Waals surface area contributed by atoms with Gasteiger partial charge in [0.25, 0.3) is 5.91 Å². The Morgan fingerprint density at radius 3 is 2.40 bits per heavy atom. The Morgan fingerprint density at radius 2 is 1.68 bits per heavy atom. The molecule has 1 aliphatic carbocycles. The number of anilines is 1. The molecule has 2 fully saturated rings. The van der Waals surface area contributed by atoms with Crippen molar-refractivity contribution in [3.8, 4) is 11.5 Å². The molecule has 0 bridgehead atoms. The number of rotatable bonds is 8. The second-order valence-corrected chi connectivity index (χ2v) is 12.8. The van der Waals surface area contributed by atoms with Crippen molar-refractivity contribution in [3.63, 3.8) is 0 Å². The molecule has 1 aromatic heterocycles. The lowest BCUT2D eigenvalue weighted by molar-refractivity contribution is 0.0951. The highest BCUT2D eigenvalue weighted by Gasteiger charge is 2.25. The SMILES string of the molecule is CC(C)(C)c1cc(N2CCN(Cc3ccc4c(c3)OCO4)CC2)nc(SCc2ccc(C(=O)NC3CC3)cc2)n1. The average molecular weight is 560 g/mol. The van der Waals surface area contributed by atoms with Gasteiger partial charge in [0.05, 0.1) is 5.69 Å². The van der Waals surface area contributed by atoms with E-state index in [1.807, 2.05) is 30.3 Å². The molecule has 3 heterocycles. The number of aromatic nitrogens is 2. The van der Waals surface area contributed by atoms with Crippen molar-refractivity contribution in [1.82, 2.24) is 20.2 Å². The van der Waals surface area contributed by atoms with Gasteiger partial charge in [-0.25, -0.2) is 9.97 Å². The molecule has 0 unspecified atom stereocenters. The zero-order valence-electron chi connectivity index (χ0n) is 23.5. The molecule has 40 heavy (non-hydrogen) atoms. The summed E-state index contributed by atoms with van der Waals surface area (Å²) in [4.78, 5) is 27.1. The van der Waals surface area contributed by atoms with Crippen LogP contribution in [0.25, 0.3) is 0 Å². The summed E-state index contributed by atoms with van der Waals surface area (Å²) in [7, 11) is 0. The number of carbonyl (C=O) groups is 1. The van der Waals surface area contributed by atoms with Gasteiger partial charge in [0.15, 0.2) is 16.7 Å². The van der Waals surface area contributed by atoms with Crippen LogP contribution in [0, 0.1) is 0 Å². The number of thioether (sulfide) groups is 1. The number of nitrogens with one attached hydrogen (secondary N) is 1. The monoisotopic (exact) mass is 559 g/mol. The molecule has 0 radical (unpaired) electrons. The topological polar surface area (TPSA) is 79.8 Å². The van der Waals surface area contributed by atoms with Gasteiger partial charge in [0.1, 0.15) is 5.82 Å². The first-order chi connectivity index (χ1) is 19.3. The lowest BCUT2D eigenvalue weighted by atomic mass is 9.92. The number of amides is 1. The van der Waals surface area contributed by atoms with E-state index in [1.165, 1.54) is 5.56 Å². The Labute approximate surface area is 240 Å². The molecule has 0 spiro atoms. The summed E-state index contributed by atoms with van der Waals surface area (Å²) in [6.45, 7) is 11.5. The standard InChI is InChI=1S/C31H37N5O3S/c1-31(2,3)27-17-28(36-14-12-35(13-15-36)18-22-6-11-25-26(16-22)39-20-38-25)34-30(33-27)40-19-21-4-7-23(8-5-21)29(37)32-24-9-10-24/h4-8,11,16-17,24H,9-10,12-15,18-20H2,1-3H3,(H,32,37). The van der Waals surface area contributed by atoms with Gasteiger partial charge in [-0.3, -0.25) is 9.69 Å². The molecule has 6 rings (SSSR count). The fourth-order valence-electron chi connectivity index (χ4n) is 4.85. The minimum Gasteiger partial charge on any atom is -0.454 e.